The number of halogens is 1. The van der Waals surface area contributed by atoms with Gasteiger partial charge in [0.1, 0.15) is 5.76 Å². The number of hydrogen-bond acceptors (Lipinski definition) is 4. The van der Waals surface area contributed by atoms with Crippen LogP contribution in [0.1, 0.15) is 35.4 Å². The van der Waals surface area contributed by atoms with Gasteiger partial charge >= 0.3 is 0 Å². The number of nitrogens with zero attached hydrogens (tertiary/aromatic N) is 4. The van der Waals surface area contributed by atoms with E-state index in [2.05, 4.69) is 43.3 Å². The Kier molecular flexibility index (Phi) is 5.22. The highest BCUT2D eigenvalue weighted by Crippen LogP contribution is 2.24. The molecule has 6 nitrogen and oxygen atoms in total. The van der Waals surface area contributed by atoms with Crippen molar-refractivity contribution in [1.29, 1.82) is 0 Å². The van der Waals surface area contributed by atoms with E-state index in [0.717, 1.165) is 36.5 Å². The van der Waals surface area contributed by atoms with Gasteiger partial charge < -0.3 is 9.42 Å². The van der Waals surface area contributed by atoms with E-state index in [1.54, 1.807) is 6.07 Å². The highest BCUT2D eigenvalue weighted by atomic mass is 35.5. The molecule has 2 aromatic heterocycles. The van der Waals surface area contributed by atoms with Crippen LogP contribution in [0.3, 0.4) is 0 Å². The Hall–Kier alpha value is -2.60. The van der Waals surface area contributed by atoms with Crippen LogP contribution in [0.4, 0.5) is 0 Å². The third-order valence-corrected chi connectivity index (χ3v) is 5.46. The molecule has 146 valence electrons. The molecule has 4 rings (SSSR count). The van der Waals surface area contributed by atoms with E-state index in [9.17, 15) is 4.79 Å². The van der Waals surface area contributed by atoms with Gasteiger partial charge in [0.25, 0.3) is 0 Å². The zero-order chi connectivity index (χ0) is 19.7. The number of amides is 1. The Labute approximate surface area is 169 Å². The van der Waals surface area contributed by atoms with Gasteiger partial charge in [-0.25, -0.2) is 0 Å². The van der Waals surface area contributed by atoms with Gasteiger partial charge in [0.15, 0.2) is 5.15 Å². The zero-order valence-corrected chi connectivity index (χ0v) is 16.9. The van der Waals surface area contributed by atoms with Crippen molar-refractivity contribution < 1.29 is 9.32 Å². The molecule has 0 aliphatic carbocycles. The van der Waals surface area contributed by atoms with Crippen LogP contribution in [0.5, 0.6) is 0 Å². The summed E-state index contributed by atoms with van der Waals surface area (Å²) in [4.78, 5) is 14.6. The number of fused-ring (bicyclic) bond motifs is 1. The second-order valence-corrected chi connectivity index (χ2v) is 7.72. The van der Waals surface area contributed by atoms with Crippen LogP contribution in [-0.4, -0.2) is 32.3 Å². The first-order chi connectivity index (χ1) is 13.5. The standard InChI is InChI=1S/C21H23ClN4O2/c1-14-4-5-16(10-15(14)2)19-11-17-13-25(8-3-9-26(17)23-19)21(27)7-6-18-12-20(22)24-28-18/h4-5,10-12H,3,6-9,13H2,1-2H3. The lowest BCUT2D eigenvalue weighted by Gasteiger charge is -2.19. The molecule has 0 saturated carbocycles. The highest BCUT2D eigenvalue weighted by Gasteiger charge is 2.21. The zero-order valence-electron chi connectivity index (χ0n) is 16.1. The largest absolute Gasteiger partial charge is 0.360 e. The van der Waals surface area contributed by atoms with Gasteiger partial charge in [-0.3, -0.25) is 9.48 Å². The van der Waals surface area contributed by atoms with E-state index >= 15 is 0 Å². The summed E-state index contributed by atoms with van der Waals surface area (Å²) in [6.45, 7) is 6.35. The minimum atomic E-state index is 0.106. The van der Waals surface area contributed by atoms with Crippen LogP contribution >= 0.6 is 11.6 Å². The molecule has 0 saturated heterocycles. The summed E-state index contributed by atoms with van der Waals surface area (Å²) in [5, 5.41) is 8.75. The molecule has 1 aliphatic rings. The monoisotopic (exact) mass is 398 g/mol. The Morgan fingerprint density at radius 3 is 2.79 bits per heavy atom. The summed E-state index contributed by atoms with van der Waals surface area (Å²) in [6.07, 6.45) is 1.77. The van der Waals surface area contributed by atoms with Gasteiger partial charge in [0, 0.05) is 37.6 Å². The first-order valence-electron chi connectivity index (χ1n) is 9.53. The van der Waals surface area contributed by atoms with Crippen molar-refractivity contribution >= 4 is 17.5 Å². The van der Waals surface area contributed by atoms with Gasteiger partial charge in [-0.2, -0.15) is 5.10 Å². The lowest BCUT2D eigenvalue weighted by molar-refractivity contribution is -0.131. The third-order valence-electron chi connectivity index (χ3n) is 5.28. The molecule has 3 heterocycles. The Bertz CT molecular complexity index is 1010. The smallest absolute Gasteiger partial charge is 0.223 e. The summed E-state index contributed by atoms with van der Waals surface area (Å²) < 4.78 is 7.12. The first kappa shape index (κ1) is 18.7. The van der Waals surface area contributed by atoms with Crippen molar-refractivity contribution in [2.75, 3.05) is 6.54 Å². The summed E-state index contributed by atoms with van der Waals surface area (Å²) in [5.74, 6) is 0.741. The molecule has 0 radical (unpaired) electrons. The lowest BCUT2D eigenvalue weighted by Crippen LogP contribution is -2.30. The molecule has 0 unspecified atom stereocenters. The Morgan fingerprint density at radius 1 is 1.18 bits per heavy atom. The predicted octanol–water partition coefficient (Wildman–Crippen LogP) is 4.17. The maximum absolute atomic E-state index is 12.7. The van der Waals surface area contributed by atoms with E-state index in [1.807, 2.05) is 9.58 Å². The average molecular weight is 399 g/mol. The normalized spacial score (nSPS) is 14.0. The van der Waals surface area contributed by atoms with E-state index in [-0.39, 0.29) is 5.91 Å². The summed E-state index contributed by atoms with van der Waals surface area (Å²) in [7, 11) is 0. The molecule has 1 aromatic carbocycles. The van der Waals surface area contributed by atoms with Crippen LogP contribution in [-0.2, 0) is 24.3 Å². The number of aryl methyl sites for hydroxylation is 4. The van der Waals surface area contributed by atoms with E-state index in [0.29, 0.717) is 30.3 Å². The van der Waals surface area contributed by atoms with E-state index < -0.39 is 0 Å². The van der Waals surface area contributed by atoms with Crippen molar-refractivity contribution in [3.63, 3.8) is 0 Å². The topological polar surface area (TPSA) is 64.2 Å². The third kappa shape index (κ3) is 3.97. The van der Waals surface area contributed by atoms with Gasteiger partial charge in [-0.1, -0.05) is 28.9 Å². The lowest BCUT2D eigenvalue weighted by atomic mass is 10.0. The SMILES string of the molecule is Cc1ccc(-c2cc3n(n2)CCCN(C(=O)CCc2cc(Cl)no2)C3)cc1C. The molecule has 0 atom stereocenters. The van der Waals surface area contributed by atoms with E-state index in [1.165, 1.54) is 11.1 Å². The molecule has 1 aliphatic heterocycles. The van der Waals surface area contributed by atoms with Gasteiger partial charge in [-0.15, -0.1) is 0 Å². The fourth-order valence-electron chi connectivity index (χ4n) is 3.51. The fourth-order valence-corrected chi connectivity index (χ4v) is 3.67. The van der Waals surface area contributed by atoms with Gasteiger partial charge in [-0.05, 0) is 43.5 Å². The minimum absolute atomic E-state index is 0.106. The second-order valence-electron chi connectivity index (χ2n) is 7.33. The number of benzene rings is 1. The number of hydrogen-bond donors (Lipinski definition) is 0. The van der Waals surface area contributed by atoms with Crippen LogP contribution in [0, 0.1) is 13.8 Å². The van der Waals surface area contributed by atoms with Crippen LogP contribution in [0.15, 0.2) is 34.9 Å². The maximum Gasteiger partial charge on any atom is 0.223 e. The Balaban J connectivity index is 1.47. The molecule has 28 heavy (non-hydrogen) atoms. The molecule has 0 N–H and O–H groups in total. The summed E-state index contributed by atoms with van der Waals surface area (Å²) >= 11 is 5.76. The van der Waals surface area contributed by atoms with Crippen LogP contribution < -0.4 is 0 Å². The van der Waals surface area contributed by atoms with Crippen molar-refractivity contribution in [1.82, 2.24) is 19.8 Å². The average Bonchev–Trinajstić information content (AvgIpc) is 3.22. The maximum atomic E-state index is 12.7. The summed E-state index contributed by atoms with van der Waals surface area (Å²) in [6, 6.07) is 10.2. The van der Waals surface area contributed by atoms with Crippen LogP contribution in [0.2, 0.25) is 5.15 Å². The number of carbonyl (C=O) groups excluding carboxylic acids is 1. The minimum Gasteiger partial charge on any atom is -0.360 e. The predicted molar refractivity (Wildman–Crippen MR) is 107 cm³/mol. The van der Waals surface area contributed by atoms with Gasteiger partial charge in [0.05, 0.1) is 17.9 Å². The molecule has 1 amide bonds. The summed E-state index contributed by atoms with van der Waals surface area (Å²) in [5.41, 5.74) is 5.67. The number of carbonyl (C=O) groups is 1. The van der Waals surface area contributed by atoms with Crippen molar-refractivity contribution in [2.45, 2.75) is 46.2 Å². The van der Waals surface area contributed by atoms with Crippen LogP contribution in [0.25, 0.3) is 11.3 Å². The molecular weight excluding hydrogens is 376 g/mol. The quantitative estimate of drug-likeness (QED) is 0.661. The van der Waals surface area contributed by atoms with Gasteiger partial charge in [0.2, 0.25) is 5.91 Å². The Morgan fingerprint density at radius 2 is 2.04 bits per heavy atom. The highest BCUT2D eigenvalue weighted by molar-refractivity contribution is 6.29. The van der Waals surface area contributed by atoms with E-state index in [4.69, 9.17) is 21.2 Å². The van der Waals surface area contributed by atoms with Crippen molar-refractivity contribution in [2.24, 2.45) is 0 Å². The number of aromatic nitrogens is 3. The van der Waals surface area contributed by atoms with Crippen molar-refractivity contribution in [3.8, 4) is 11.3 Å². The molecule has 0 bridgehead atoms. The molecule has 7 heteroatoms. The fraction of sp³-hybridized carbons (Fsp3) is 0.381. The van der Waals surface area contributed by atoms with Crippen molar-refractivity contribution in [3.05, 3.63) is 58.1 Å². The number of rotatable bonds is 4. The molecular formula is C21H23ClN4O2. The first-order valence-corrected chi connectivity index (χ1v) is 9.90. The molecule has 0 spiro atoms. The second kappa shape index (κ2) is 7.80. The molecule has 3 aromatic rings. The molecule has 0 fully saturated rings.